The maximum atomic E-state index is 2.83. The first-order valence-corrected chi connectivity index (χ1v) is 22.0. The number of para-hydroxylation sites is 1. The second-order valence-electron chi connectivity index (χ2n) is 14.4. The Morgan fingerprint density at radius 2 is 0.836 bits per heavy atom. The van der Waals surface area contributed by atoms with E-state index in [1.165, 1.54) is 75.2 Å². The van der Waals surface area contributed by atoms with Crippen molar-refractivity contribution in [2.75, 3.05) is 4.81 Å². The first-order valence-electron chi connectivity index (χ1n) is 20.6. The van der Waals surface area contributed by atoms with Crippen LogP contribution < -0.4 is 15.4 Å². The molecule has 0 N–H and O–H groups in total. The van der Waals surface area contributed by atoms with E-state index in [-0.39, 0.29) is 6.85 Å². The summed E-state index contributed by atoms with van der Waals surface area (Å²) >= 11 is 0. The minimum absolute atomic E-state index is 0.100. The zero-order valence-electron chi connectivity index (χ0n) is 33.2. The summed E-state index contributed by atoms with van der Waals surface area (Å²) in [7, 11) is -1.06. The van der Waals surface area contributed by atoms with Crippen molar-refractivity contribution in [1.29, 1.82) is 0 Å². The number of anilines is 1. The summed E-state index contributed by atoms with van der Waals surface area (Å²) < 4.78 is 0. The predicted octanol–water partition coefficient (Wildman–Crippen LogP) is 14.2. The van der Waals surface area contributed by atoms with Gasteiger partial charge in [0.05, 0.1) is 0 Å². The Kier molecular flexibility index (Phi) is 15.4. The average molecular weight is 738 g/mol. The van der Waals surface area contributed by atoms with Gasteiger partial charge in [0.1, 0.15) is 0 Å². The molecule has 0 unspecified atom stereocenters. The van der Waals surface area contributed by atoms with Gasteiger partial charge in [0.25, 0.3) is 6.85 Å². The molecule has 0 aliphatic rings. The molecule has 3 heteroatoms. The zero-order chi connectivity index (χ0) is 38.1. The van der Waals surface area contributed by atoms with E-state index in [9.17, 15) is 0 Å². The van der Waals surface area contributed by atoms with Gasteiger partial charge >= 0.3 is 0 Å². The van der Waals surface area contributed by atoms with Crippen LogP contribution in [0.3, 0.4) is 0 Å². The lowest BCUT2D eigenvalue weighted by atomic mass is 9.47. The summed E-state index contributed by atoms with van der Waals surface area (Å²) in [5.41, 5.74) is 10.9. The largest absolute Gasteiger partial charge is 0.380 e. The van der Waals surface area contributed by atoms with Crippen LogP contribution in [0.15, 0.2) is 193 Å². The molecule has 0 amide bonds. The van der Waals surface area contributed by atoms with E-state index in [1.54, 1.807) is 5.57 Å². The highest BCUT2D eigenvalue weighted by atomic mass is 31.1. The highest BCUT2D eigenvalue weighted by molar-refractivity contribution is 7.77. The standard InChI is InChI=1S/C52H57BNP/c1-4-7-28-45(29-8-5-2)51(46-34-20-12-21-35-46)53(42-9-6-3)54(47-36-22-13-23-37-47)52(50(43-30-16-10-17-31-43)44-32-18-11-19-33-44)55(48-38-24-14-25-39-48)49-40-26-15-27-41-49/h10-27,30-41H,4-9,28-29,42H2,1-3H3. The first-order chi connectivity index (χ1) is 27.2. The van der Waals surface area contributed by atoms with Crippen LogP contribution in [0.4, 0.5) is 5.69 Å². The van der Waals surface area contributed by atoms with Gasteiger partial charge in [0.15, 0.2) is 0 Å². The van der Waals surface area contributed by atoms with Gasteiger partial charge in [-0.15, -0.1) is 0 Å². The average Bonchev–Trinajstić information content (AvgIpc) is 3.26. The highest BCUT2D eigenvalue weighted by Crippen LogP contribution is 2.53. The molecule has 0 fully saturated rings. The number of nitrogens with zero attached hydrogens (tertiary/aromatic N) is 1. The van der Waals surface area contributed by atoms with Crippen LogP contribution in [0.2, 0.25) is 6.32 Å². The third-order valence-electron chi connectivity index (χ3n) is 10.5. The molecule has 0 heterocycles. The van der Waals surface area contributed by atoms with Crippen molar-refractivity contribution < 1.29 is 0 Å². The minimum Gasteiger partial charge on any atom is -0.380 e. The van der Waals surface area contributed by atoms with Crippen LogP contribution in [0.1, 0.15) is 88.8 Å². The third-order valence-corrected chi connectivity index (χ3v) is 12.9. The van der Waals surface area contributed by atoms with Gasteiger partial charge < -0.3 is 4.81 Å². The quantitative estimate of drug-likeness (QED) is 0.0591. The van der Waals surface area contributed by atoms with Crippen molar-refractivity contribution in [1.82, 2.24) is 0 Å². The summed E-state index contributed by atoms with van der Waals surface area (Å²) in [5.74, 6) is 0. The highest BCUT2D eigenvalue weighted by Gasteiger charge is 2.38. The molecule has 0 aliphatic heterocycles. The minimum atomic E-state index is -1.06. The fraction of sp³-hybridized carbons (Fsp3) is 0.231. The third kappa shape index (κ3) is 10.2. The lowest BCUT2D eigenvalue weighted by molar-refractivity contribution is 0.715. The van der Waals surface area contributed by atoms with Gasteiger partial charge in [-0.1, -0.05) is 222 Å². The SMILES string of the molecule is CCCCB(C(=C(CCCC)CCCC)c1ccccc1)N(C(=C(c1ccccc1)c1ccccc1)P(c1ccccc1)c1ccccc1)c1ccccc1. The lowest BCUT2D eigenvalue weighted by Gasteiger charge is -2.41. The van der Waals surface area contributed by atoms with Crippen LogP contribution >= 0.6 is 7.92 Å². The van der Waals surface area contributed by atoms with E-state index in [2.05, 4.69) is 208 Å². The van der Waals surface area contributed by atoms with E-state index in [1.807, 2.05) is 0 Å². The molecule has 0 atom stereocenters. The Hall–Kier alpha value is -4.91. The second kappa shape index (κ2) is 21.3. The van der Waals surface area contributed by atoms with Gasteiger partial charge in [-0.05, 0) is 76.9 Å². The monoisotopic (exact) mass is 737 g/mol. The summed E-state index contributed by atoms with van der Waals surface area (Å²) in [6.45, 7) is 7.12. The van der Waals surface area contributed by atoms with Crippen LogP contribution in [0.25, 0.3) is 11.0 Å². The molecule has 278 valence electrons. The van der Waals surface area contributed by atoms with Crippen LogP contribution in [0, 0.1) is 0 Å². The van der Waals surface area contributed by atoms with Gasteiger partial charge in [0.2, 0.25) is 0 Å². The maximum Gasteiger partial charge on any atom is 0.294 e. The Morgan fingerprint density at radius 1 is 0.455 bits per heavy atom. The number of allylic oxidation sites excluding steroid dienone is 1. The van der Waals surface area contributed by atoms with Crippen LogP contribution in [-0.4, -0.2) is 6.85 Å². The smallest absolute Gasteiger partial charge is 0.294 e. The van der Waals surface area contributed by atoms with Crippen molar-refractivity contribution in [3.05, 3.63) is 210 Å². The molecular formula is C52H57BNP. The number of hydrogen-bond donors (Lipinski definition) is 0. The first kappa shape index (κ1) is 39.8. The molecule has 0 saturated carbocycles. The van der Waals surface area contributed by atoms with Crippen LogP contribution in [0.5, 0.6) is 0 Å². The fourth-order valence-electron chi connectivity index (χ4n) is 7.79. The molecule has 0 bridgehead atoms. The Labute approximate surface area is 333 Å². The molecule has 0 spiro atoms. The van der Waals surface area contributed by atoms with Gasteiger partial charge in [-0.2, -0.15) is 0 Å². The van der Waals surface area contributed by atoms with E-state index >= 15 is 0 Å². The summed E-state index contributed by atoms with van der Waals surface area (Å²) in [6.07, 6.45) is 10.3. The van der Waals surface area contributed by atoms with Crippen LogP contribution in [-0.2, 0) is 0 Å². The van der Waals surface area contributed by atoms with Crippen molar-refractivity contribution in [2.45, 2.75) is 78.5 Å². The van der Waals surface area contributed by atoms with Crippen molar-refractivity contribution in [3.8, 4) is 0 Å². The van der Waals surface area contributed by atoms with E-state index in [0.717, 1.165) is 32.0 Å². The van der Waals surface area contributed by atoms with E-state index in [0.29, 0.717) is 0 Å². The fourth-order valence-corrected chi connectivity index (χ4v) is 10.5. The lowest BCUT2D eigenvalue weighted by Crippen LogP contribution is -2.42. The molecular weight excluding hydrogens is 680 g/mol. The molecule has 0 radical (unpaired) electrons. The number of hydrogen-bond acceptors (Lipinski definition) is 1. The van der Waals surface area contributed by atoms with Crippen molar-refractivity contribution in [2.24, 2.45) is 0 Å². The predicted molar refractivity (Wildman–Crippen MR) is 245 cm³/mol. The van der Waals surface area contributed by atoms with E-state index < -0.39 is 7.92 Å². The molecule has 6 aromatic carbocycles. The zero-order valence-corrected chi connectivity index (χ0v) is 34.1. The number of unbranched alkanes of at least 4 members (excludes halogenated alkanes) is 3. The maximum absolute atomic E-state index is 2.83. The normalized spacial score (nSPS) is 10.9. The Balaban J connectivity index is 1.83. The molecule has 55 heavy (non-hydrogen) atoms. The van der Waals surface area contributed by atoms with Gasteiger partial charge in [-0.3, -0.25) is 0 Å². The van der Waals surface area contributed by atoms with Gasteiger partial charge in [0, 0.05) is 24.6 Å². The molecule has 0 saturated heterocycles. The molecule has 6 aromatic rings. The van der Waals surface area contributed by atoms with Crippen molar-refractivity contribution in [3.63, 3.8) is 0 Å². The number of benzene rings is 6. The number of rotatable bonds is 19. The Morgan fingerprint density at radius 3 is 1.25 bits per heavy atom. The second-order valence-corrected chi connectivity index (χ2v) is 16.5. The summed E-state index contributed by atoms with van der Waals surface area (Å²) in [4.78, 5) is 2.83. The summed E-state index contributed by atoms with van der Waals surface area (Å²) in [5, 5.41) is 2.70. The molecule has 1 nitrogen and oxygen atoms in total. The van der Waals surface area contributed by atoms with Crippen molar-refractivity contribution >= 4 is 42.1 Å². The Bertz CT molecular complexity index is 1950. The molecule has 0 aliphatic carbocycles. The summed E-state index contributed by atoms with van der Waals surface area (Å²) in [6, 6.07) is 67.8. The van der Waals surface area contributed by atoms with Gasteiger partial charge in [-0.25, -0.2) is 0 Å². The molecule has 0 aromatic heterocycles. The molecule has 6 rings (SSSR count). The topological polar surface area (TPSA) is 3.24 Å². The van der Waals surface area contributed by atoms with E-state index in [4.69, 9.17) is 0 Å².